The van der Waals surface area contributed by atoms with Gasteiger partial charge in [0.1, 0.15) is 0 Å². The molecule has 0 bridgehead atoms. The first-order valence-corrected chi connectivity index (χ1v) is 12.0. The van der Waals surface area contributed by atoms with Crippen molar-refractivity contribution in [2.24, 2.45) is 0 Å². The number of rotatable bonds is 11. The van der Waals surface area contributed by atoms with Crippen molar-refractivity contribution in [2.45, 2.75) is 30.8 Å². The number of anilines is 1. The Morgan fingerprint density at radius 2 is 1.94 bits per heavy atom. The number of aryl methyl sites for hydroxylation is 1. The predicted octanol–water partition coefficient (Wildman–Crippen LogP) is 5.45. The summed E-state index contributed by atoms with van der Waals surface area (Å²) in [6.45, 7) is 11.1. The van der Waals surface area contributed by atoms with Crippen molar-refractivity contribution in [3.8, 4) is 0 Å². The summed E-state index contributed by atoms with van der Waals surface area (Å²) in [6, 6.07) is 18.4. The summed E-state index contributed by atoms with van der Waals surface area (Å²) < 4.78 is 6.65. The molecule has 1 aliphatic rings. The molecular weight excluding hydrogens is 416 g/mol. The van der Waals surface area contributed by atoms with Crippen molar-refractivity contribution >= 4 is 23.4 Å². The van der Waals surface area contributed by atoms with Crippen molar-refractivity contribution in [3.63, 3.8) is 0 Å². The van der Waals surface area contributed by atoms with Gasteiger partial charge in [-0.15, -0.1) is 11.8 Å². The van der Waals surface area contributed by atoms with E-state index in [1.807, 2.05) is 36.4 Å². The average molecular weight is 449 g/mol. The Morgan fingerprint density at radius 1 is 1.19 bits per heavy atom. The highest BCUT2D eigenvalue weighted by Crippen LogP contribution is 2.50. The normalized spacial score (nSPS) is 20.7. The molecule has 0 spiro atoms. The summed E-state index contributed by atoms with van der Waals surface area (Å²) in [7, 11) is 0. The molecule has 0 aromatic heterocycles. The van der Waals surface area contributed by atoms with E-state index in [4.69, 9.17) is 4.74 Å². The molecule has 32 heavy (non-hydrogen) atoms. The molecule has 5 heteroatoms. The number of thioether (sulfide) groups is 1. The Bertz CT molecular complexity index is 940. The fourth-order valence-corrected chi connectivity index (χ4v) is 5.26. The molecule has 1 fully saturated rings. The zero-order valence-electron chi connectivity index (χ0n) is 18.7. The molecule has 1 aliphatic heterocycles. The number of carbonyl (C=O) groups is 1. The van der Waals surface area contributed by atoms with E-state index in [1.54, 1.807) is 17.8 Å². The Kier molecular flexibility index (Phi) is 8.91. The van der Waals surface area contributed by atoms with Gasteiger partial charge in [-0.25, -0.2) is 0 Å². The fourth-order valence-electron chi connectivity index (χ4n) is 3.82. The van der Waals surface area contributed by atoms with Gasteiger partial charge in [0.25, 0.3) is 0 Å². The second kappa shape index (κ2) is 11.9. The third kappa shape index (κ3) is 6.22. The van der Waals surface area contributed by atoms with Gasteiger partial charge in [-0.2, -0.15) is 0 Å². The molecule has 2 N–H and O–H groups in total. The van der Waals surface area contributed by atoms with Gasteiger partial charge in [0.2, 0.25) is 5.91 Å². The van der Waals surface area contributed by atoms with Gasteiger partial charge in [0, 0.05) is 24.9 Å². The van der Waals surface area contributed by atoms with Crippen LogP contribution in [0.4, 0.5) is 5.69 Å². The number of amides is 1. The number of hydrogen-bond acceptors (Lipinski definition) is 4. The van der Waals surface area contributed by atoms with Crippen LogP contribution in [-0.4, -0.2) is 30.9 Å². The molecule has 1 saturated heterocycles. The van der Waals surface area contributed by atoms with Gasteiger partial charge in [0.05, 0.1) is 6.10 Å². The molecule has 2 aromatic carbocycles. The Balaban J connectivity index is 1.64. The van der Waals surface area contributed by atoms with Gasteiger partial charge in [0.15, 0.2) is 4.93 Å². The van der Waals surface area contributed by atoms with E-state index >= 15 is 0 Å². The van der Waals surface area contributed by atoms with Crippen LogP contribution in [0.25, 0.3) is 0 Å². The van der Waals surface area contributed by atoms with E-state index in [0.29, 0.717) is 0 Å². The van der Waals surface area contributed by atoms with Crippen LogP contribution in [0.5, 0.6) is 0 Å². The molecule has 0 saturated carbocycles. The predicted molar refractivity (Wildman–Crippen MR) is 136 cm³/mol. The Morgan fingerprint density at radius 3 is 2.59 bits per heavy atom. The average Bonchev–Trinajstić information content (AvgIpc) is 3.23. The minimum Gasteiger partial charge on any atom is -0.350 e. The summed E-state index contributed by atoms with van der Waals surface area (Å²) in [4.78, 5) is 10.7. The van der Waals surface area contributed by atoms with Crippen LogP contribution in [0.15, 0.2) is 91.6 Å². The number of hydrogen-bond donors (Lipinski definition) is 2. The van der Waals surface area contributed by atoms with E-state index in [-0.39, 0.29) is 12.0 Å². The minimum atomic E-state index is -0.638. The zero-order chi connectivity index (χ0) is 22.8. The number of nitrogens with one attached hydrogen (secondary N) is 2. The van der Waals surface area contributed by atoms with Crippen LogP contribution in [0.2, 0.25) is 0 Å². The summed E-state index contributed by atoms with van der Waals surface area (Å²) in [6.07, 6.45) is 7.81. The molecule has 2 aromatic rings. The SMILES string of the molecule is C=C/C=C(\C=C)C1(c2ccc(NC(C)=O)cc2)OC(CNCCCc2ccccc2)CS1. The van der Waals surface area contributed by atoms with Gasteiger partial charge in [-0.1, -0.05) is 73.9 Å². The first-order chi connectivity index (χ1) is 15.6. The molecule has 3 rings (SSSR count). The molecule has 1 amide bonds. The topological polar surface area (TPSA) is 50.4 Å². The maximum Gasteiger partial charge on any atom is 0.221 e. The van der Waals surface area contributed by atoms with Gasteiger partial charge < -0.3 is 15.4 Å². The number of ether oxygens (including phenoxy) is 1. The number of benzene rings is 2. The highest BCUT2D eigenvalue weighted by molar-refractivity contribution is 8.00. The quantitative estimate of drug-likeness (QED) is 0.354. The molecule has 2 atom stereocenters. The van der Waals surface area contributed by atoms with E-state index in [1.165, 1.54) is 12.5 Å². The van der Waals surface area contributed by atoms with Crippen LogP contribution in [0.3, 0.4) is 0 Å². The first-order valence-electron chi connectivity index (χ1n) is 11.0. The third-order valence-corrected chi connectivity index (χ3v) is 6.83. The van der Waals surface area contributed by atoms with E-state index in [0.717, 1.165) is 48.5 Å². The second-order valence-corrected chi connectivity index (χ2v) is 8.98. The maximum absolute atomic E-state index is 11.3. The molecule has 1 heterocycles. The van der Waals surface area contributed by atoms with Gasteiger partial charge in [-0.05, 0) is 48.2 Å². The molecule has 168 valence electrons. The Labute approximate surface area is 195 Å². The third-order valence-electron chi connectivity index (χ3n) is 5.32. The van der Waals surface area contributed by atoms with E-state index in [9.17, 15) is 4.79 Å². The van der Waals surface area contributed by atoms with Crippen LogP contribution in [-0.2, 0) is 20.9 Å². The molecular formula is C27H32N2O2S. The van der Waals surface area contributed by atoms with Crippen LogP contribution in [0, 0.1) is 0 Å². The molecule has 0 aliphatic carbocycles. The summed E-state index contributed by atoms with van der Waals surface area (Å²) in [5.41, 5.74) is 4.13. The van der Waals surface area contributed by atoms with E-state index < -0.39 is 4.93 Å². The van der Waals surface area contributed by atoms with Crippen molar-refractivity contribution in [1.29, 1.82) is 0 Å². The maximum atomic E-state index is 11.3. The lowest BCUT2D eigenvalue weighted by atomic mass is 9.99. The summed E-state index contributed by atoms with van der Waals surface area (Å²) in [5.74, 6) is 0.789. The van der Waals surface area contributed by atoms with Gasteiger partial charge in [-0.3, -0.25) is 4.79 Å². The van der Waals surface area contributed by atoms with Crippen LogP contribution < -0.4 is 10.6 Å². The number of allylic oxidation sites excluding steroid dienone is 2. The standard InChI is InChI=1S/C27H32N2O2S/c1-4-10-23(5-2)27(24-14-16-25(17-15-24)29-21(3)30)31-26(20-32-27)19-28-18-9-13-22-11-7-6-8-12-22/h4-8,10-12,14-17,26,28H,1-2,9,13,18-20H2,3H3,(H,29,30)/b23-10+. The van der Waals surface area contributed by atoms with Crippen LogP contribution in [0.1, 0.15) is 24.5 Å². The van der Waals surface area contributed by atoms with E-state index in [2.05, 4.69) is 54.1 Å². The highest BCUT2D eigenvalue weighted by Gasteiger charge is 2.44. The minimum absolute atomic E-state index is 0.0833. The largest absolute Gasteiger partial charge is 0.350 e. The summed E-state index contributed by atoms with van der Waals surface area (Å²) >= 11 is 1.77. The lowest BCUT2D eigenvalue weighted by Crippen LogP contribution is -2.33. The van der Waals surface area contributed by atoms with Crippen molar-refractivity contribution in [2.75, 3.05) is 24.2 Å². The zero-order valence-corrected chi connectivity index (χ0v) is 19.5. The van der Waals surface area contributed by atoms with Crippen molar-refractivity contribution in [3.05, 3.63) is 103 Å². The van der Waals surface area contributed by atoms with Crippen molar-refractivity contribution < 1.29 is 9.53 Å². The number of carbonyl (C=O) groups excluding carboxylic acids is 1. The smallest absolute Gasteiger partial charge is 0.221 e. The molecule has 0 radical (unpaired) electrons. The second-order valence-electron chi connectivity index (χ2n) is 7.78. The lowest BCUT2D eigenvalue weighted by molar-refractivity contribution is -0.114. The van der Waals surface area contributed by atoms with Crippen LogP contribution >= 0.6 is 11.8 Å². The monoisotopic (exact) mass is 448 g/mol. The molecule has 2 unspecified atom stereocenters. The molecule has 4 nitrogen and oxygen atoms in total. The highest BCUT2D eigenvalue weighted by atomic mass is 32.2. The van der Waals surface area contributed by atoms with Gasteiger partial charge >= 0.3 is 0 Å². The fraction of sp³-hybridized carbons (Fsp3) is 0.296. The Hall–Kier alpha value is -2.60. The first kappa shape index (κ1) is 24.1. The van der Waals surface area contributed by atoms with Crippen molar-refractivity contribution in [1.82, 2.24) is 5.32 Å². The lowest BCUT2D eigenvalue weighted by Gasteiger charge is -2.31. The summed E-state index contributed by atoms with van der Waals surface area (Å²) in [5, 5.41) is 6.37.